The number of unbranched alkanes of at least 4 members (excludes halogenated alkanes) is 1. The third-order valence-corrected chi connectivity index (χ3v) is 7.94. The topological polar surface area (TPSA) is 86.2 Å². The molecule has 0 aliphatic carbocycles. The Morgan fingerprint density at radius 2 is 1.57 bits per heavy atom. The van der Waals surface area contributed by atoms with Gasteiger partial charge in [0.25, 0.3) is 0 Å². The zero-order chi connectivity index (χ0) is 32.4. The van der Waals surface area contributed by atoms with E-state index in [1.165, 1.54) is 0 Å². The summed E-state index contributed by atoms with van der Waals surface area (Å²) in [4.78, 5) is 2.40. The Kier molecular flexibility index (Phi) is 11.5. The average Bonchev–Trinajstić information content (AvgIpc) is 3.04. The van der Waals surface area contributed by atoms with E-state index in [1.54, 1.807) is 13.8 Å². The maximum absolute atomic E-state index is 10.4. The minimum absolute atomic E-state index is 0.335. The van der Waals surface area contributed by atoms with Crippen LogP contribution in [0.1, 0.15) is 69.2 Å². The largest absolute Gasteiger partial charge is 0.494 e. The van der Waals surface area contributed by atoms with Crippen molar-refractivity contribution in [3.8, 4) is 34.4 Å². The summed E-state index contributed by atoms with van der Waals surface area (Å²) < 4.78 is 23.9. The monoisotopic (exact) mass is 625 g/mol. The first-order chi connectivity index (χ1) is 22.3. The van der Waals surface area contributed by atoms with Crippen LogP contribution in [-0.2, 0) is 26.1 Å². The van der Waals surface area contributed by atoms with E-state index in [0.29, 0.717) is 58.4 Å². The second-order valence-electron chi connectivity index (χ2n) is 12.4. The lowest BCUT2D eigenvalue weighted by atomic mass is 9.96. The van der Waals surface area contributed by atoms with Gasteiger partial charge in [-0.05, 0) is 74.6 Å². The normalized spacial score (nSPS) is 12.7. The molecule has 3 aromatic carbocycles. The van der Waals surface area contributed by atoms with Crippen molar-refractivity contribution >= 4 is 0 Å². The van der Waals surface area contributed by atoms with Crippen molar-refractivity contribution in [3.05, 3.63) is 95.1 Å². The molecule has 0 spiro atoms. The van der Waals surface area contributed by atoms with Gasteiger partial charge in [0, 0.05) is 37.2 Å². The summed E-state index contributed by atoms with van der Waals surface area (Å²) in [5.41, 5.74) is 5.51. The number of hydrogen-bond acceptors (Lipinski definition) is 8. The Bertz CT molecular complexity index is 1550. The fourth-order valence-electron chi connectivity index (χ4n) is 5.61. The van der Waals surface area contributed by atoms with Crippen LogP contribution in [0.4, 0.5) is 0 Å². The molecule has 0 atom stereocenters. The Labute approximate surface area is 273 Å². The predicted octanol–water partition coefficient (Wildman–Crippen LogP) is 7.40. The van der Waals surface area contributed by atoms with Crippen LogP contribution >= 0.6 is 0 Å². The number of hydrogen-bond donors (Lipinski definition) is 1. The fraction of sp³-hybridized carbons (Fsp3) is 0.421. The molecule has 0 unspecified atom stereocenters. The third kappa shape index (κ3) is 9.21. The van der Waals surface area contributed by atoms with Gasteiger partial charge in [0.1, 0.15) is 19.0 Å². The van der Waals surface area contributed by atoms with Gasteiger partial charge in [-0.15, -0.1) is 10.2 Å². The molecule has 2 heterocycles. The van der Waals surface area contributed by atoms with Gasteiger partial charge in [0.05, 0.1) is 24.5 Å². The molecule has 4 aromatic rings. The van der Waals surface area contributed by atoms with Gasteiger partial charge >= 0.3 is 0 Å². The van der Waals surface area contributed by atoms with E-state index < -0.39 is 5.60 Å². The number of benzene rings is 3. The number of aliphatic hydroxyl groups is 1. The zero-order valence-corrected chi connectivity index (χ0v) is 27.6. The van der Waals surface area contributed by atoms with Gasteiger partial charge in [-0.1, -0.05) is 61.9 Å². The third-order valence-electron chi connectivity index (χ3n) is 7.94. The number of ether oxygens (including phenoxy) is 4. The first-order valence-electron chi connectivity index (χ1n) is 16.4. The molecule has 1 aliphatic heterocycles. The number of rotatable bonds is 16. The van der Waals surface area contributed by atoms with E-state index in [0.717, 1.165) is 70.0 Å². The fourth-order valence-corrected chi connectivity index (χ4v) is 5.61. The van der Waals surface area contributed by atoms with Crippen LogP contribution in [0.3, 0.4) is 0 Å². The lowest BCUT2D eigenvalue weighted by Gasteiger charge is -2.27. The minimum atomic E-state index is -0.849. The Hall–Kier alpha value is -4.14. The summed E-state index contributed by atoms with van der Waals surface area (Å²) in [6.45, 7) is 11.8. The van der Waals surface area contributed by atoms with Gasteiger partial charge in [0.15, 0.2) is 11.5 Å². The molecular formula is C38H47N3O5. The molecule has 1 N–H and O–H groups in total. The second kappa shape index (κ2) is 15.9. The molecule has 46 heavy (non-hydrogen) atoms. The molecule has 0 saturated heterocycles. The van der Waals surface area contributed by atoms with Crippen LogP contribution in [0.25, 0.3) is 11.3 Å². The second-order valence-corrected chi connectivity index (χ2v) is 12.4. The molecule has 0 amide bonds. The van der Waals surface area contributed by atoms with E-state index in [-0.39, 0.29) is 0 Å². The lowest BCUT2D eigenvalue weighted by Crippen LogP contribution is -2.26. The van der Waals surface area contributed by atoms with E-state index in [4.69, 9.17) is 24.0 Å². The average molecular weight is 626 g/mol. The van der Waals surface area contributed by atoms with Gasteiger partial charge in [0.2, 0.25) is 5.88 Å². The van der Waals surface area contributed by atoms with E-state index in [9.17, 15) is 5.11 Å². The molecule has 0 fully saturated rings. The van der Waals surface area contributed by atoms with Crippen LogP contribution in [-0.4, -0.2) is 52.2 Å². The summed E-state index contributed by atoms with van der Waals surface area (Å²) in [6, 6.07) is 24.7. The van der Waals surface area contributed by atoms with E-state index in [2.05, 4.69) is 53.3 Å². The van der Waals surface area contributed by atoms with Gasteiger partial charge in [-0.2, -0.15) is 0 Å². The zero-order valence-electron chi connectivity index (χ0n) is 27.6. The highest BCUT2D eigenvalue weighted by atomic mass is 16.6. The highest BCUT2D eigenvalue weighted by Gasteiger charge is 2.23. The number of fused-ring (bicyclic) bond motifs is 1. The summed E-state index contributed by atoms with van der Waals surface area (Å²) in [5.74, 6) is 2.93. The molecule has 1 aliphatic rings. The van der Waals surface area contributed by atoms with Crippen LogP contribution in [0.15, 0.2) is 72.8 Å². The highest BCUT2D eigenvalue weighted by molar-refractivity contribution is 5.65. The van der Waals surface area contributed by atoms with Crippen molar-refractivity contribution in [2.24, 2.45) is 0 Å². The lowest BCUT2D eigenvalue weighted by molar-refractivity contribution is 0.0541. The van der Waals surface area contributed by atoms with Crippen molar-refractivity contribution in [3.63, 3.8) is 0 Å². The van der Waals surface area contributed by atoms with Crippen molar-refractivity contribution in [1.82, 2.24) is 15.1 Å². The van der Waals surface area contributed by atoms with Crippen molar-refractivity contribution in [1.29, 1.82) is 0 Å². The molecule has 0 radical (unpaired) electrons. The van der Waals surface area contributed by atoms with Crippen LogP contribution < -0.4 is 18.9 Å². The Morgan fingerprint density at radius 3 is 2.30 bits per heavy atom. The molecule has 5 rings (SSSR count). The highest BCUT2D eigenvalue weighted by Crippen LogP contribution is 2.34. The number of aromatic nitrogens is 2. The van der Waals surface area contributed by atoms with Crippen LogP contribution in [0.5, 0.6) is 23.1 Å². The molecule has 1 aromatic heterocycles. The van der Waals surface area contributed by atoms with Gasteiger partial charge in [-0.3, -0.25) is 4.90 Å². The first kappa shape index (κ1) is 33.2. The van der Waals surface area contributed by atoms with Crippen LogP contribution in [0, 0.1) is 0 Å². The molecule has 8 nitrogen and oxygen atoms in total. The first-order valence-corrected chi connectivity index (χ1v) is 16.4. The Balaban J connectivity index is 1.56. The summed E-state index contributed by atoms with van der Waals surface area (Å²) in [7, 11) is 0. The summed E-state index contributed by atoms with van der Waals surface area (Å²) in [5, 5.41) is 19.8. The predicted molar refractivity (Wildman–Crippen MR) is 180 cm³/mol. The molecular weight excluding hydrogens is 578 g/mol. The molecule has 8 heteroatoms. The number of nitrogens with zero attached hydrogens (tertiary/aromatic N) is 3. The van der Waals surface area contributed by atoms with Crippen molar-refractivity contribution < 1.29 is 24.1 Å². The maximum Gasteiger partial charge on any atom is 0.238 e. The summed E-state index contributed by atoms with van der Waals surface area (Å²) >= 11 is 0. The minimum Gasteiger partial charge on any atom is -0.494 e. The maximum atomic E-state index is 10.4. The summed E-state index contributed by atoms with van der Waals surface area (Å²) in [6.07, 6.45) is 3.39. The van der Waals surface area contributed by atoms with Crippen molar-refractivity contribution in [2.45, 2.75) is 78.6 Å². The van der Waals surface area contributed by atoms with Gasteiger partial charge < -0.3 is 24.1 Å². The van der Waals surface area contributed by atoms with E-state index in [1.807, 2.05) is 43.3 Å². The van der Waals surface area contributed by atoms with Gasteiger partial charge in [-0.25, -0.2) is 0 Å². The van der Waals surface area contributed by atoms with Crippen molar-refractivity contribution in [2.75, 3.05) is 26.4 Å². The van der Waals surface area contributed by atoms with E-state index >= 15 is 0 Å². The molecule has 0 bridgehead atoms. The smallest absolute Gasteiger partial charge is 0.238 e. The van der Waals surface area contributed by atoms with Crippen LogP contribution in [0.2, 0.25) is 0 Å². The quantitative estimate of drug-likeness (QED) is 0.138. The Morgan fingerprint density at radius 1 is 0.804 bits per heavy atom. The SMILES string of the molecule is CCCCc1c(-c2ccccc2)nnc(OCCC(C)(C)O)c1CN(Cc1cccc(OCC)c1)Cc1ccc2c(c1)OCCO2. The molecule has 244 valence electrons. The molecule has 0 saturated carbocycles. The standard InChI is InChI=1S/C38H47N3O5/c1-5-7-16-32-33(37(46-20-19-38(3,4)42)40-39-36(32)30-13-9-8-10-14-30)27-41(25-28-12-11-15-31(23-28)43-6-2)26-29-17-18-34-35(24-29)45-22-21-44-34/h8-15,17-18,23-24,42H,5-7,16,19-22,25-27H2,1-4H3.